The van der Waals surface area contributed by atoms with Gasteiger partial charge in [0, 0.05) is 19.6 Å². The Kier molecular flexibility index (Phi) is 5.12. The van der Waals surface area contributed by atoms with Crippen molar-refractivity contribution in [1.82, 2.24) is 10.2 Å². The van der Waals surface area contributed by atoms with Crippen molar-refractivity contribution in [2.75, 3.05) is 19.6 Å². The molecule has 0 aliphatic carbocycles. The number of nitrogens with one attached hydrogen (secondary N) is 1. The fraction of sp³-hybridized carbons (Fsp3) is 0.611. The van der Waals surface area contributed by atoms with Crippen molar-refractivity contribution in [3.05, 3.63) is 35.4 Å². The van der Waals surface area contributed by atoms with Crippen LogP contribution >= 0.6 is 0 Å². The standard InChI is InChI=1S/C18H28N2O2/c1-13(2)14-8-6-7-9-15(14)16-12-20(11-10-19-16)17(21)22-18(3,4)5/h6-9,13,16,19H,10-12H2,1-5H3/t16-/m0/s1. The predicted molar refractivity (Wildman–Crippen MR) is 89.1 cm³/mol. The summed E-state index contributed by atoms with van der Waals surface area (Å²) < 4.78 is 5.50. The van der Waals surface area contributed by atoms with Crippen LogP contribution in [0.4, 0.5) is 4.79 Å². The van der Waals surface area contributed by atoms with Gasteiger partial charge in [-0.25, -0.2) is 4.79 Å². The van der Waals surface area contributed by atoms with Crippen molar-refractivity contribution in [3.8, 4) is 0 Å². The van der Waals surface area contributed by atoms with E-state index >= 15 is 0 Å². The van der Waals surface area contributed by atoms with Crippen LogP contribution in [-0.4, -0.2) is 36.2 Å². The second-order valence-electron chi connectivity index (χ2n) is 7.22. The Bertz CT molecular complexity index is 520. The number of hydrogen-bond donors (Lipinski definition) is 1. The van der Waals surface area contributed by atoms with Gasteiger partial charge in [-0.3, -0.25) is 0 Å². The highest BCUT2D eigenvalue weighted by Crippen LogP contribution is 2.27. The zero-order valence-electron chi connectivity index (χ0n) is 14.3. The van der Waals surface area contributed by atoms with E-state index in [1.165, 1.54) is 11.1 Å². The van der Waals surface area contributed by atoms with Crippen LogP contribution in [0.3, 0.4) is 0 Å². The van der Waals surface area contributed by atoms with Crippen molar-refractivity contribution < 1.29 is 9.53 Å². The van der Waals surface area contributed by atoms with Gasteiger partial charge in [0.15, 0.2) is 0 Å². The molecule has 0 unspecified atom stereocenters. The van der Waals surface area contributed by atoms with Crippen molar-refractivity contribution in [3.63, 3.8) is 0 Å². The Morgan fingerprint density at radius 2 is 2.00 bits per heavy atom. The summed E-state index contributed by atoms with van der Waals surface area (Å²) in [6, 6.07) is 8.64. The maximum atomic E-state index is 12.3. The Morgan fingerprint density at radius 1 is 1.32 bits per heavy atom. The molecule has 122 valence electrons. The SMILES string of the molecule is CC(C)c1ccccc1[C@@H]1CN(C(=O)OC(C)(C)C)CCN1. The summed E-state index contributed by atoms with van der Waals surface area (Å²) in [5.74, 6) is 0.468. The Balaban J connectivity index is 2.13. The highest BCUT2D eigenvalue weighted by molar-refractivity contribution is 5.68. The molecule has 1 aromatic rings. The quantitative estimate of drug-likeness (QED) is 0.906. The van der Waals surface area contributed by atoms with Gasteiger partial charge in [-0.15, -0.1) is 0 Å². The molecule has 1 amide bonds. The molecule has 4 nitrogen and oxygen atoms in total. The van der Waals surface area contributed by atoms with Gasteiger partial charge >= 0.3 is 6.09 Å². The summed E-state index contributed by atoms with van der Waals surface area (Å²) in [6.07, 6.45) is -0.221. The molecule has 1 aromatic carbocycles. The highest BCUT2D eigenvalue weighted by Gasteiger charge is 2.29. The smallest absolute Gasteiger partial charge is 0.410 e. The lowest BCUT2D eigenvalue weighted by atomic mass is 9.92. The van der Waals surface area contributed by atoms with Crippen LogP contribution in [0.5, 0.6) is 0 Å². The van der Waals surface area contributed by atoms with E-state index in [4.69, 9.17) is 4.74 Å². The molecule has 2 rings (SSSR count). The van der Waals surface area contributed by atoms with Gasteiger partial charge in [-0.1, -0.05) is 38.1 Å². The van der Waals surface area contributed by atoms with Crippen LogP contribution < -0.4 is 5.32 Å². The Morgan fingerprint density at radius 3 is 2.64 bits per heavy atom. The Hall–Kier alpha value is -1.55. The number of carbonyl (C=O) groups is 1. The molecule has 1 fully saturated rings. The lowest BCUT2D eigenvalue weighted by Gasteiger charge is -2.36. The van der Waals surface area contributed by atoms with Crippen molar-refractivity contribution >= 4 is 6.09 Å². The van der Waals surface area contributed by atoms with E-state index < -0.39 is 5.60 Å². The van der Waals surface area contributed by atoms with Crippen LogP contribution in [0.25, 0.3) is 0 Å². The second kappa shape index (κ2) is 6.69. The van der Waals surface area contributed by atoms with E-state index in [1.54, 1.807) is 0 Å². The summed E-state index contributed by atoms with van der Waals surface area (Å²) in [5, 5.41) is 3.53. The predicted octanol–water partition coefficient (Wildman–Crippen LogP) is 3.69. The first-order valence-electron chi connectivity index (χ1n) is 8.08. The molecular formula is C18H28N2O2. The van der Waals surface area contributed by atoms with Gasteiger partial charge in [-0.05, 0) is 37.8 Å². The van der Waals surface area contributed by atoms with Gasteiger partial charge in [0.1, 0.15) is 5.60 Å². The van der Waals surface area contributed by atoms with E-state index in [9.17, 15) is 4.79 Å². The van der Waals surface area contributed by atoms with Crippen molar-refractivity contribution in [2.24, 2.45) is 0 Å². The third-order valence-corrected chi connectivity index (χ3v) is 3.82. The first-order chi connectivity index (χ1) is 10.3. The van der Waals surface area contributed by atoms with Gasteiger partial charge in [0.05, 0.1) is 6.04 Å². The van der Waals surface area contributed by atoms with Crippen LogP contribution in [-0.2, 0) is 4.74 Å². The third kappa shape index (κ3) is 4.23. The molecule has 1 aliphatic heterocycles. The topological polar surface area (TPSA) is 41.6 Å². The highest BCUT2D eigenvalue weighted by atomic mass is 16.6. The number of carbonyl (C=O) groups excluding carboxylic acids is 1. The van der Waals surface area contributed by atoms with E-state index in [1.807, 2.05) is 25.7 Å². The van der Waals surface area contributed by atoms with E-state index in [0.29, 0.717) is 19.0 Å². The minimum Gasteiger partial charge on any atom is -0.444 e. The molecular weight excluding hydrogens is 276 g/mol. The Labute approximate surface area is 133 Å². The average Bonchev–Trinajstić information content (AvgIpc) is 2.45. The number of amides is 1. The minimum atomic E-state index is -0.451. The van der Waals surface area contributed by atoms with Gasteiger partial charge in [0.25, 0.3) is 0 Å². The molecule has 1 saturated heterocycles. The number of ether oxygens (including phenoxy) is 1. The van der Waals surface area contributed by atoms with Crippen molar-refractivity contribution in [2.45, 2.75) is 52.2 Å². The largest absolute Gasteiger partial charge is 0.444 e. The monoisotopic (exact) mass is 304 g/mol. The lowest BCUT2D eigenvalue weighted by Crippen LogP contribution is -2.49. The molecule has 22 heavy (non-hydrogen) atoms. The van der Waals surface area contributed by atoms with Gasteiger partial charge < -0.3 is 15.0 Å². The van der Waals surface area contributed by atoms with Crippen molar-refractivity contribution in [1.29, 1.82) is 0 Å². The summed E-state index contributed by atoms with van der Waals surface area (Å²) in [4.78, 5) is 14.1. The molecule has 1 N–H and O–H groups in total. The lowest BCUT2D eigenvalue weighted by molar-refractivity contribution is 0.0195. The molecule has 1 atom stereocenters. The van der Waals surface area contributed by atoms with Gasteiger partial charge in [0.2, 0.25) is 0 Å². The molecule has 1 heterocycles. The number of benzene rings is 1. The molecule has 0 bridgehead atoms. The van der Waals surface area contributed by atoms with E-state index in [2.05, 4.69) is 43.4 Å². The summed E-state index contributed by atoms with van der Waals surface area (Å²) in [6.45, 7) is 12.2. The molecule has 4 heteroatoms. The maximum absolute atomic E-state index is 12.3. The third-order valence-electron chi connectivity index (χ3n) is 3.82. The minimum absolute atomic E-state index is 0.167. The zero-order chi connectivity index (χ0) is 16.3. The molecule has 1 aliphatic rings. The van der Waals surface area contributed by atoms with Crippen LogP contribution in [0.1, 0.15) is 57.7 Å². The normalized spacial score (nSPS) is 19.4. The second-order valence-corrected chi connectivity index (χ2v) is 7.22. The molecule has 0 spiro atoms. The van der Waals surface area contributed by atoms with Crippen LogP contribution in [0, 0.1) is 0 Å². The summed E-state index contributed by atoms with van der Waals surface area (Å²) in [5.41, 5.74) is 2.17. The number of nitrogens with zero attached hydrogens (tertiary/aromatic N) is 1. The maximum Gasteiger partial charge on any atom is 0.410 e. The zero-order valence-corrected chi connectivity index (χ0v) is 14.3. The van der Waals surface area contributed by atoms with Crippen LogP contribution in [0.15, 0.2) is 24.3 Å². The molecule has 0 aromatic heterocycles. The first-order valence-corrected chi connectivity index (χ1v) is 8.08. The number of rotatable bonds is 2. The van der Waals surface area contributed by atoms with E-state index in [0.717, 1.165) is 6.54 Å². The molecule has 0 saturated carbocycles. The number of piperazine rings is 1. The summed E-state index contributed by atoms with van der Waals surface area (Å²) in [7, 11) is 0. The fourth-order valence-electron chi connectivity index (χ4n) is 2.80. The van der Waals surface area contributed by atoms with Gasteiger partial charge in [-0.2, -0.15) is 0 Å². The molecule has 0 radical (unpaired) electrons. The number of hydrogen-bond acceptors (Lipinski definition) is 3. The fourth-order valence-corrected chi connectivity index (χ4v) is 2.80. The summed E-state index contributed by atoms with van der Waals surface area (Å²) >= 11 is 0. The van der Waals surface area contributed by atoms with E-state index in [-0.39, 0.29) is 12.1 Å². The average molecular weight is 304 g/mol. The first kappa shape index (κ1) is 16.8. The van der Waals surface area contributed by atoms with Crippen LogP contribution in [0.2, 0.25) is 0 Å².